The summed E-state index contributed by atoms with van der Waals surface area (Å²) >= 11 is 0. The van der Waals surface area contributed by atoms with Crippen LogP contribution in [-0.2, 0) is 0 Å². The Balaban J connectivity index is 2.20. The normalized spacial score (nSPS) is 11.6. The minimum absolute atomic E-state index is 0.101. The SMILES string of the molecule is CCC(NC(=O)c1cccc([N+](=O)[O-])c1)c1ccc(OC)c(C)c1. The number of hydrogen-bond acceptors (Lipinski definition) is 4. The number of carbonyl (C=O) groups excluding carboxylic acids is 1. The lowest BCUT2D eigenvalue weighted by atomic mass is 10.0. The van der Waals surface area contributed by atoms with E-state index in [2.05, 4.69) is 5.32 Å². The number of benzene rings is 2. The van der Waals surface area contributed by atoms with Gasteiger partial charge in [-0.1, -0.05) is 25.1 Å². The van der Waals surface area contributed by atoms with Gasteiger partial charge in [-0.3, -0.25) is 14.9 Å². The molecular weight excluding hydrogens is 308 g/mol. The molecule has 2 aromatic carbocycles. The number of aryl methyl sites for hydroxylation is 1. The molecule has 0 fully saturated rings. The summed E-state index contributed by atoms with van der Waals surface area (Å²) in [4.78, 5) is 22.7. The zero-order valence-corrected chi connectivity index (χ0v) is 13.9. The number of hydrogen-bond donors (Lipinski definition) is 1. The van der Waals surface area contributed by atoms with E-state index in [0.717, 1.165) is 16.9 Å². The summed E-state index contributed by atoms with van der Waals surface area (Å²) in [7, 11) is 1.61. The van der Waals surface area contributed by atoms with Crippen LogP contribution in [0.3, 0.4) is 0 Å². The van der Waals surface area contributed by atoms with E-state index in [1.807, 2.05) is 32.0 Å². The molecule has 0 radical (unpaired) electrons. The number of carbonyl (C=O) groups is 1. The summed E-state index contributed by atoms with van der Waals surface area (Å²) in [5.74, 6) is 0.456. The van der Waals surface area contributed by atoms with Gasteiger partial charge in [0.15, 0.2) is 0 Å². The first-order valence-corrected chi connectivity index (χ1v) is 7.66. The van der Waals surface area contributed by atoms with Crippen LogP contribution in [0, 0.1) is 17.0 Å². The van der Waals surface area contributed by atoms with Crippen molar-refractivity contribution in [2.75, 3.05) is 7.11 Å². The van der Waals surface area contributed by atoms with E-state index in [1.165, 1.54) is 18.2 Å². The van der Waals surface area contributed by atoms with Crippen LogP contribution in [0.4, 0.5) is 5.69 Å². The molecular formula is C18H20N2O4. The summed E-state index contributed by atoms with van der Waals surface area (Å²) in [5.41, 5.74) is 2.12. The highest BCUT2D eigenvalue weighted by atomic mass is 16.6. The summed E-state index contributed by atoms with van der Waals surface area (Å²) in [6.45, 7) is 3.91. The van der Waals surface area contributed by atoms with Gasteiger partial charge < -0.3 is 10.1 Å². The second-order valence-corrected chi connectivity index (χ2v) is 5.47. The van der Waals surface area contributed by atoms with E-state index in [-0.39, 0.29) is 23.2 Å². The van der Waals surface area contributed by atoms with Gasteiger partial charge in [-0.25, -0.2) is 0 Å². The maximum absolute atomic E-state index is 12.4. The van der Waals surface area contributed by atoms with Crippen molar-refractivity contribution < 1.29 is 14.5 Å². The van der Waals surface area contributed by atoms with Crippen molar-refractivity contribution in [3.63, 3.8) is 0 Å². The fraction of sp³-hybridized carbons (Fsp3) is 0.278. The summed E-state index contributed by atoms with van der Waals surface area (Å²) in [6, 6.07) is 11.3. The molecule has 2 rings (SSSR count). The van der Waals surface area contributed by atoms with Crippen molar-refractivity contribution in [3.05, 3.63) is 69.3 Å². The highest BCUT2D eigenvalue weighted by Gasteiger charge is 2.17. The van der Waals surface area contributed by atoms with E-state index in [1.54, 1.807) is 13.2 Å². The minimum atomic E-state index is -0.513. The molecule has 24 heavy (non-hydrogen) atoms. The third kappa shape index (κ3) is 3.90. The van der Waals surface area contributed by atoms with Gasteiger partial charge in [0.1, 0.15) is 5.75 Å². The molecule has 0 bridgehead atoms. The maximum Gasteiger partial charge on any atom is 0.270 e. The average molecular weight is 328 g/mol. The molecule has 0 aliphatic rings. The second kappa shape index (κ2) is 7.59. The van der Waals surface area contributed by atoms with Gasteiger partial charge >= 0.3 is 0 Å². The van der Waals surface area contributed by atoms with Crippen molar-refractivity contribution in [2.24, 2.45) is 0 Å². The number of methoxy groups -OCH3 is 1. The van der Waals surface area contributed by atoms with Crippen LogP contribution < -0.4 is 10.1 Å². The highest BCUT2D eigenvalue weighted by molar-refractivity contribution is 5.95. The van der Waals surface area contributed by atoms with Gasteiger partial charge in [-0.05, 0) is 36.6 Å². The fourth-order valence-corrected chi connectivity index (χ4v) is 2.54. The van der Waals surface area contributed by atoms with Gasteiger partial charge in [-0.2, -0.15) is 0 Å². The Morgan fingerprint density at radius 1 is 1.29 bits per heavy atom. The van der Waals surface area contributed by atoms with Crippen LogP contribution in [0.15, 0.2) is 42.5 Å². The van der Waals surface area contributed by atoms with Crippen LogP contribution in [0.5, 0.6) is 5.75 Å². The number of rotatable bonds is 6. The summed E-state index contributed by atoms with van der Waals surface area (Å²) in [5, 5.41) is 13.8. The molecule has 6 nitrogen and oxygen atoms in total. The monoisotopic (exact) mass is 328 g/mol. The van der Waals surface area contributed by atoms with Gasteiger partial charge in [-0.15, -0.1) is 0 Å². The van der Waals surface area contributed by atoms with Crippen LogP contribution in [-0.4, -0.2) is 17.9 Å². The van der Waals surface area contributed by atoms with E-state index in [9.17, 15) is 14.9 Å². The molecule has 1 atom stereocenters. The maximum atomic E-state index is 12.4. The number of ether oxygens (including phenoxy) is 1. The lowest BCUT2D eigenvalue weighted by Gasteiger charge is -2.19. The zero-order valence-electron chi connectivity index (χ0n) is 13.9. The lowest BCUT2D eigenvalue weighted by Crippen LogP contribution is -2.28. The molecule has 0 aliphatic heterocycles. The van der Waals surface area contributed by atoms with Crippen molar-refractivity contribution in [1.82, 2.24) is 5.32 Å². The highest BCUT2D eigenvalue weighted by Crippen LogP contribution is 2.24. The van der Waals surface area contributed by atoms with Gasteiger partial charge in [0.25, 0.3) is 11.6 Å². The van der Waals surface area contributed by atoms with Crippen molar-refractivity contribution in [2.45, 2.75) is 26.3 Å². The first-order valence-electron chi connectivity index (χ1n) is 7.66. The summed E-state index contributed by atoms with van der Waals surface area (Å²) < 4.78 is 5.25. The Hall–Kier alpha value is -2.89. The Bertz CT molecular complexity index is 758. The third-order valence-corrected chi connectivity index (χ3v) is 3.85. The summed E-state index contributed by atoms with van der Waals surface area (Å²) in [6.07, 6.45) is 0.701. The third-order valence-electron chi connectivity index (χ3n) is 3.85. The molecule has 0 saturated carbocycles. The van der Waals surface area contributed by atoms with Crippen LogP contribution in [0.1, 0.15) is 40.9 Å². The van der Waals surface area contributed by atoms with Gasteiger partial charge in [0.2, 0.25) is 0 Å². The predicted molar refractivity (Wildman–Crippen MR) is 91.3 cm³/mol. The van der Waals surface area contributed by atoms with E-state index in [0.29, 0.717) is 6.42 Å². The fourth-order valence-electron chi connectivity index (χ4n) is 2.54. The Morgan fingerprint density at radius 3 is 2.62 bits per heavy atom. The average Bonchev–Trinajstić information content (AvgIpc) is 2.59. The zero-order chi connectivity index (χ0) is 17.7. The molecule has 0 heterocycles. The Kier molecular flexibility index (Phi) is 5.52. The molecule has 1 N–H and O–H groups in total. The van der Waals surface area contributed by atoms with Crippen molar-refractivity contribution >= 4 is 11.6 Å². The number of non-ortho nitro benzene ring substituents is 1. The molecule has 0 aromatic heterocycles. The van der Waals surface area contributed by atoms with E-state index >= 15 is 0 Å². The second-order valence-electron chi connectivity index (χ2n) is 5.47. The van der Waals surface area contributed by atoms with Crippen LogP contribution in [0.25, 0.3) is 0 Å². The number of nitrogens with zero attached hydrogens (tertiary/aromatic N) is 1. The van der Waals surface area contributed by atoms with E-state index < -0.39 is 4.92 Å². The molecule has 0 aliphatic carbocycles. The number of amides is 1. The molecule has 2 aromatic rings. The standard InChI is InChI=1S/C18H20N2O4/c1-4-16(13-8-9-17(24-3)12(2)10-13)19-18(21)14-6-5-7-15(11-14)20(22)23/h5-11,16H,4H2,1-3H3,(H,19,21). The van der Waals surface area contributed by atoms with Crippen molar-refractivity contribution in [1.29, 1.82) is 0 Å². The molecule has 6 heteroatoms. The number of nitro groups is 1. The number of nitrogens with one attached hydrogen (secondary N) is 1. The molecule has 0 saturated heterocycles. The Morgan fingerprint density at radius 2 is 2.04 bits per heavy atom. The quantitative estimate of drug-likeness (QED) is 0.646. The van der Waals surface area contributed by atoms with Crippen LogP contribution in [0.2, 0.25) is 0 Å². The smallest absolute Gasteiger partial charge is 0.270 e. The first kappa shape index (κ1) is 17.5. The minimum Gasteiger partial charge on any atom is -0.496 e. The molecule has 1 amide bonds. The lowest BCUT2D eigenvalue weighted by molar-refractivity contribution is -0.384. The first-order chi connectivity index (χ1) is 11.5. The molecule has 126 valence electrons. The molecule has 1 unspecified atom stereocenters. The van der Waals surface area contributed by atoms with E-state index in [4.69, 9.17) is 4.74 Å². The predicted octanol–water partition coefficient (Wildman–Crippen LogP) is 3.79. The topological polar surface area (TPSA) is 81.5 Å². The molecule has 0 spiro atoms. The van der Waals surface area contributed by atoms with Crippen molar-refractivity contribution in [3.8, 4) is 5.75 Å². The van der Waals surface area contributed by atoms with Gasteiger partial charge in [0.05, 0.1) is 18.1 Å². The largest absolute Gasteiger partial charge is 0.496 e. The van der Waals surface area contributed by atoms with Crippen LogP contribution >= 0.6 is 0 Å². The number of nitro benzene ring substituents is 1. The Labute approximate surface area is 140 Å². The van der Waals surface area contributed by atoms with Gasteiger partial charge in [0, 0.05) is 17.7 Å².